The molecular formula is C28H23F3N4OS2. The summed E-state index contributed by atoms with van der Waals surface area (Å²) in [7, 11) is 0. The molecule has 2 aromatic carbocycles. The third-order valence-corrected chi connectivity index (χ3v) is 8.93. The molecule has 4 heterocycles. The second-order valence-electron chi connectivity index (χ2n) is 9.39. The van der Waals surface area contributed by atoms with Crippen molar-refractivity contribution in [3.63, 3.8) is 0 Å². The maximum absolute atomic E-state index is 13.1. The Balaban J connectivity index is 1.17. The summed E-state index contributed by atoms with van der Waals surface area (Å²) in [4.78, 5) is 24.9. The van der Waals surface area contributed by atoms with E-state index in [1.54, 1.807) is 11.3 Å². The van der Waals surface area contributed by atoms with E-state index in [9.17, 15) is 18.0 Å². The molecule has 1 amide bonds. The van der Waals surface area contributed by atoms with Crippen molar-refractivity contribution < 1.29 is 18.0 Å². The highest BCUT2D eigenvalue weighted by Gasteiger charge is 2.30. The molecule has 0 aliphatic carbocycles. The molecule has 1 aliphatic rings. The van der Waals surface area contributed by atoms with Gasteiger partial charge < -0.3 is 10.2 Å². The van der Waals surface area contributed by atoms with Crippen LogP contribution in [0.15, 0.2) is 66.3 Å². The van der Waals surface area contributed by atoms with E-state index >= 15 is 0 Å². The van der Waals surface area contributed by atoms with Crippen LogP contribution in [-0.4, -0.2) is 29.0 Å². The van der Waals surface area contributed by atoms with Gasteiger partial charge in [-0.3, -0.25) is 4.79 Å². The van der Waals surface area contributed by atoms with Gasteiger partial charge in [0.2, 0.25) is 5.91 Å². The number of carbonyl (C=O) groups excluding carboxylic acids is 1. The number of amides is 1. The molecule has 0 spiro atoms. The van der Waals surface area contributed by atoms with Gasteiger partial charge in [-0.05, 0) is 71.1 Å². The van der Waals surface area contributed by atoms with E-state index < -0.39 is 11.7 Å². The Labute approximate surface area is 225 Å². The number of benzene rings is 2. The van der Waals surface area contributed by atoms with Crippen molar-refractivity contribution >= 4 is 54.7 Å². The second kappa shape index (κ2) is 9.99. The second-order valence-corrected chi connectivity index (χ2v) is 11.4. The highest BCUT2D eigenvalue weighted by atomic mass is 32.1. The van der Waals surface area contributed by atoms with E-state index in [2.05, 4.69) is 49.8 Å². The lowest BCUT2D eigenvalue weighted by Gasteiger charge is -2.33. The van der Waals surface area contributed by atoms with Crippen molar-refractivity contribution in [1.29, 1.82) is 0 Å². The lowest BCUT2D eigenvalue weighted by Crippen LogP contribution is -2.43. The van der Waals surface area contributed by atoms with Gasteiger partial charge in [0.15, 0.2) is 0 Å². The lowest BCUT2D eigenvalue weighted by molar-refractivity contribution is -0.137. The van der Waals surface area contributed by atoms with E-state index in [4.69, 9.17) is 0 Å². The summed E-state index contributed by atoms with van der Waals surface area (Å²) < 4.78 is 41.0. The third kappa shape index (κ3) is 4.98. The fourth-order valence-corrected chi connectivity index (χ4v) is 6.78. The minimum Gasteiger partial charge on any atom is -0.355 e. The first-order valence-corrected chi connectivity index (χ1v) is 14.0. The molecule has 1 N–H and O–H groups in total. The van der Waals surface area contributed by atoms with Crippen LogP contribution >= 0.6 is 22.7 Å². The normalized spacial score (nSPS) is 16.3. The first-order valence-electron chi connectivity index (χ1n) is 12.3. The van der Waals surface area contributed by atoms with Crippen LogP contribution in [0.4, 0.5) is 19.0 Å². The molecule has 0 radical (unpaired) electrons. The minimum absolute atomic E-state index is 0.0297. The van der Waals surface area contributed by atoms with Gasteiger partial charge in [0.1, 0.15) is 12.1 Å². The zero-order valence-electron chi connectivity index (χ0n) is 20.2. The van der Waals surface area contributed by atoms with Crippen LogP contribution in [-0.2, 0) is 17.5 Å². The van der Waals surface area contributed by atoms with Crippen LogP contribution in [0.25, 0.3) is 30.7 Å². The van der Waals surface area contributed by atoms with Gasteiger partial charge in [-0.15, -0.1) is 22.7 Å². The molecular weight excluding hydrogens is 529 g/mol. The largest absolute Gasteiger partial charge is 0.416 e. The van der Waals surface area contributed by atoms with Crippen molar-refractivity contribution in [2.45, 2.75) is 25.6 Å². The number of hydrogen-bond acceptors (Lipinski definition) is 6. The fraction of sp³-hybridized carbons (Fsp3) is 0.250. The Morgan fingerprint density at radius 2 is 1.92 bits per heavy atom. The van der Waals surface area contributed by atoms with Gasteiger partial charge in [-0.2, -0.15) is 13.2 Å². The number of hydrogen-bond donors (Lipinski definition) is 1. The SMILES string of the molecule is O=C(NCc1ccc2sccc2c1)[C@H]1CCCN(c2ncnc3cc(-c4ccc(C(F)(F)F)cc4)sc23)C1. The molecule has 194 valence electrons. The standard InChI is InChI=1S/C28H23F3N4OS2/c29-28(30,31)21-6-4-18(5-7-21)24-13-22-25(38-24)26(34-16-33-22)35-10-1-2-20(15-35)27(36)32-14-17-3-8-23-19(12-17)9-11-37-23/h3-9,11-13,16,20H,1-2,10,14-15H2,(H,32,36)/t20-/m0/s1. The van der Waals surface area contributed by atoms with E-state index in [1.807, 2.05) is 6.07 Å². The van der Waals surface area contributed by atoms with Crippen LogP contribution in [0.5, 0.6) is 0 Å². The predicted octanol–water partition coefficient (Wildman–Crippen LogP) is 7.12. The molecule has 1 saturated heterocycles. The van der Waals surface area contributed by atoms with Gasteiger partial charge in [-0.1, -0.05) is 18.2 Å². The van der Waals surface area contributed by atoms with Gasteiger partial charge >= 0.3 is 6.18 Å². The third-order valence-electron chi connectivity index (χ3n) is 6.86. The molecule has 5 aromatic rings. The van der Waals surface area contributed by atoms with Crippen LogP contribution in [0, 0.1) is 5.92 Å². The van der Waals surface area contributed by atoms with Crippen molar-refractivity contribution in [2.24, 2.45) is 5.92 Å². The highest BCUT2D eigenvalue weighted by molar-refractivity contribution is 7.22. The summed E-state index contributed by atoms with van der Waals surface area (Å²) in [6, 6.07) is 15.4. The van der Waals surface area contributed by atoms with Crippen molar-refractivity contribution in [3.8, 4) is 10.4 Å². The number of alkyl halides is 3. The number of rotatable bonds is 5. The van der Waals surface area contributed by atoms with E-state index in [0.29, 0.717) is 18.7 Å². The first-order chi connectivity index (χ1) is 18.3. The Kier molecular flexibility index (Phi) is 6.53. The fourth-order valence-electron chi connectivity index (χ4n) is 4.88. The van der Waals surface area contributed by atoms with Crippen molar-refractivity contribution in [3.05, 3.63) is 77.4 Å². The summed E-state index contributed by atoms with van der Waals surface area (Å²) in [5.41, 5.74) is 1.84. The quantitative estimate of drug-likeness (QED) is 0.252. The van der Waals surface area contributed by atoms with Gasteiger partial charge in [-0.25, -0.2) is 9.97 Å². The Morgan fingerprint density at radius 1 is 1.08 bits per heavy atom. The molecule has 1 aliphatic heterocycles. The van der Waals surface area contributed by atoms with Crippen LogP contribution in [0.2, 0.25) is 0 Å². The molecule has 0 unspecified atom stereocenters. The zero-order valence-corrected chi connectivity index (χ0v) is 21.8. The summed E-state index contributed by atoms with van der Waals surface area (Å²) in [5, 5.41) is 6.35. The molecule has 5 nitrogen and oxygen atoms in total. The molecule has 3 aromatic heterocycles. The number of aromatic nitrogens is 2. The maximum atomic E-state index is 13.1. The molecule has 10 heteroatoms. The number of piperidine rings is 1. The van der Waals surface area contributed by atoms with Crippen LogP contribution < -0.4 is 10.2 Å². The number of carbonyl (C=O) groups is 1. The van der Waals surface area contributed by atoms with E-state index in [1.165, 1.54) is 39.9 Å². The van der Waals surface area contributed by atoms with E-state index in [0.717, 1.165) is 58.0 Å². The van der Waals surface area contributed by atoms with Gasteiger partial charge in [0.25, 0.3) is 0 Å². The summed E-state index contributed by atoms with van der Waals surface area (Å²) in [6.07, 6.45) is -1.19. The average Bonchev–Trinajstić information content (AvgIpc) is 3.58. The van der Waals surface area contributed by atoms with Crippen molar-refractivity contribution in [1.82, 2.24) is 15.3 Å². The molecule has 6 rings (SSSR count). The smallest absolute Gasteiger partial charge is 0.355 e. The predicted molar refractivity (Wildman–Crippen MR) is 146 cm³/mol. The highest BCUT2D eigenvalue weighted by Crippen LogP contribution is 2.39. The number of anilines is 1. The molecule has 38 heavy (non-hydrogen) atoms. The lowest BCUT2D eigenvalue weighted by atomic mass is 9.97. The average molecular weight is 553 g/mol. The summed E-state index contributed by atoms with van der Waals surface area (Å²) in [5.74, 6) is 0.633. The van der Waals surface area contributed by atoms with Crippen molar-refractivity contribution in [2.75, 3.05) is 18.0 Å². The molecule has 1 fully saturated rings. The molecule has 0 bridgehead atoms. The Bertz CT molecular complexity index is 1610. The number of fused-ring (bicyclic) bond motifs is 2. The van der Waals surface area contributed by atoms with Gasteiger partial charge in [0, 0.05) is 29.2 Å². The number of nitrogens with one attached hydrogen (secondary N) is 1. The number of thiophene rings is 2. The molecule has 0 saturated carbocycles. The Morgan fingerprint density at radius 3 is 2.74 bits per heavy atom. The van der Waals surface area contributed by atoms with Crippen LogP contribution in [0.3, 0.4) is 0 Å². The minimum atomic E-state index is -4.37. The number of nitrogens with zero attached hydrogens (tertiary/aromatic N) is 3. The number of halogens is 3. The maximum Gasteiger partial charge on any atom is 0.416 e. The van der Waals surface area contributed by atoms with Gasteiger partial charge in [0.05, 0.1) is 21.7 Å². The monoisotopic (exact) mass is 552 g/mol. The topological polar surface area (TPSA) is 58.1 Å². The Hall–Kier alpha value is -3.50. The molecule has 1 atom stereocenters. The summed E-state index contributed by atoms with van der Waals surface area (Å²) in [6.45, 7) is 1.81. The zero-order chi connectivity index (χ0) is 26.3. The first kappa shape index (κ1) is 24.8. The van der Waals surface area contributed by atoms with Crippen LogP contribution in [0.1, 0.15) is 24.0 Å². The van der Waals surface area contributed by atoms with E-state index in [-0.39, 0.29) is 11.8 Å². The summed E-state index contributed by atoms with van der Waals surface area (Å²) >= 11 is 3.16.